The number of thiocarbonyl (C=S) groups is 1. The van der Waals surface area contributed by atoms with Crippen molar-refractivity contribution in [1.82, 2.24) is 5.32 Å². The van der Waals surface area contributed by atoms with Gasteiger partial charge in [-0.3, -0.25) is 0 Å². The van der Waals surface area contributed by atoms with Crippen LogP contribution < -0.4 is 10.6 Å². The van der Waals surface area contributed by atoms with Crippen LogP contribution in [0.3, 0.4) is 0 Å². The molecule has 0 aliphatic carbocycles. The molecular formula is C18H18ClF3N2S. The van der Waals surface area contributed by atoms with Gasteiger partial charge in [0.1, 0.15) is 0 Å². The van der Waals surface area contributed by atoms with Crippen LogP contribution in [-0.4, -0.2) is 5.11 Å². The fraction of sp³-hybridized carbons (Fsp3) is 0.278. The first kappa shape index (κ1) is 19.5. The number of benzene rings is 2. The van der Waals surface area contributed by atoms with E-state index in [0.29, 0.717) is 10.7 Å². The third-order valence-electron chi connectivity index (χ3n) is 3.88. The van der Waals surface area contributed by atoms with E-state index in [1.165, 1.54) is 17.7 Å². The van der Waals surface area contributed by atoms with Crippen LogP contribution in [0.4, 0.5) is 18.9 Å². The Balaban J connectivity index is 2.05. The molecule has 0 saturated carbocycles. The first-order valence-corrected chi connectivity index (χ1v) is 8.35. The van der Waals surface area contributed by atoms with Crippen molar-refractivity contribution in [3.05, 3.63) is 63.2 Å². The number of rotatable bonds is 3. The van der Waals surface area contributed by atoms with Gasteiger partial charge in [0.15, 0.2) is 5.11 Å². The third-order valence-corrected chi connectivity index (χ3v) is 4.45. The van der Waals surface area contributed by atoms with Crippen LogP contribution in [0.25, 0.3) is 0 Å². The lowest BCUT2D eigenvalue weighted by molar-refractivity contribution is -0.137. The van der Waals surface area contributed by atoms with Crippen molar-refractivity contribution in [2.24, 2.45) is 0 Å². The van der Waals surface area contributed by atoms with Gasteiger partial charge in [0.2, 0.25) is 0 Å². The predicted octanol–water partition coefficient (Wildman–Crippen LogP) is 5.77. The molecule has 0 aromatic heterocycles. The molecule has 0 fully saturated rings. The number of nitrogens with one attached hydrogen (secondary N) is 2. The molecule has 2 rings (SSSR count). The van der Waals surface area contributed by atoms with Gasteiger partial charge in [0, 0.05) is 12.2 Å². The topological polar surface area (TPSA) is 24.1 Å². The molecule has 0 atom stereocenters. The second kappa shape index (κ2) is 7.62. The molecule has 2 aromatic carbocycles. The van der Waals surface area contributed by atoms with E-state index in [1.54, 1.807) is 0 Å². The van der Waals surface area contributed by atoms with Crippen LogP contribution in [0.5, 0.6) is 0 Å². The van der Waals surface area contributed by atoms with Crippen LogP contribution >= 0.6 is 23.8 Å². The van der Waals surface area contributed by atoms with Gasteiger partial charge in [0.05, 0.1) is 10.6 Å². The molecule has 0 aliphatic heterocycles. The second-order valence-corrected chi connectivity index (χ2v) is 6.69. The van der Waals surface area contributed by atoms with Gasteiger partial charge < -0.3 is 10.6 Å². The number of halogens is 4. The number of hydrogen-bond acceptors (Lipinski definition) is 1. The van der Waals surface area contributed by atoms with Gasteiger partial charge in [-0.15, -0.1) is 0 Å². The van der Waals surface area contributed by atoms with Crippen molar-refractivity contribution in [3.8, 4) is 0 Å². The molecule has 0 aliphatic rings. The summed E-state index contributed by atoms with van der Waals surface area (Å²) in [5.41, 5.74) is 3.81. The summed E-state index contributed by atoms with van der Waals surface area (Å²) in [4.78, 5) is 0. The summed E-state index contributed by atoms with van der Waals surface area (Å²) in [5.74, 6) is 0. The molecule has 0 radical (unpaired) electrons. The molecule has 0 bridgehead atoms. The Morgan fingerprint density at radius 1 is 1.04 bits per heavy atom. The number of hydrogen-bond donors (Lipinski definition) is 2. The molecule has 0 heterocycles. The van der Waals surface area contributed by atoms with Crippen LogP contribution in [0.2, 0.25) is 5.02 Å². The Hall–Kier alpha value is -1.79. The van der Waals surface area contributed by atoms with Crippen molar-refractivity contribution < 1.29 is 13.2 Å². The molecule has 7 heteroatoms. The lowest BCUT2D eigenvalue weighted by Crippen LogP contribution is -2.28. The van der Waals surface area contributed by atoms with Crippen molar-refractivity contribution in [1.29, 1.82) is 0 Å². The van der Waals surface area contributed by atoms with E-state index >= 15 is 0 Å². The first-order valence-electron chi connectivity index (χ1n) is 7.56. The maximum absolute atomic E-state index is 12.9. The number of anilines is 1. The van der Waals surface area contributed by atoms with Gasteiger partial charge in [0.25, 0.3) is 0 Å². The number of aryl methyl sites for hydroxylation is 3. The van der Waals surface area contributed by atoms with Crippen molar-refractivity contribution in [3.63, 3.8) is 0 Å². The fourth-order valence-corrected chi connectivity index (χ4v) is 2.75. The zero-order chi connectivity index (χ0) is 18.8. The van der Waals surface area contributed by atoms with Crippen molar-refractivity contribution in [2.45, 2.75) is 33.5 Å². The molecule has 2 nitrogen and oxygen atoms in total. The summed E-state index contributed by atoms with van der Waals surface area (Å²) < 4.78 is 38.7. The molecule has 0 saturated heterocycles. The lowest BCUT2D eigenvalue weighted by Gasteiger charge is -2.15. The average molecular weight is 387 g/mol. The smallest absolute Gasteiger partial charge is 0.358 e. The van der Waals surface area contributed by atoms with Crippen LogP contribution in [-0.2, 0) is 12.7 Å². The van der Waals surface area contributed by atoms with E-state index in [4.69, 9.17) is 23.8 Å². The minimum Gasteiger partial charge on any atom is -0.358 e. The molecule has 0 unspecified atom stereocenters. The van der Waals surface area contributed by atoms with Crippen molar-refractivity contribution in [2.75, 3.05) is 5.32 Å². The first-order chi connectivity index (χ1) is 11.6. The number of alkyl halides is 3. The van der Waals surface area contributed by atoms with Gasteiger partial charge in [-0.05, 0) is 73.4 Å². The summed E-state index contributed by atoms with van der Waals surface area (Å²) in [6.45, 7) is 6.16. The summed E-state index contributed by atoms with van der Waals surface area (Å²) in [5, 5.41) is 6.02. The molecule has 134 valence electrons. The van der Waals surface area contributed by atoms with Gasteiger partial charge in [-0.1, -0.05) is 23.7 Å². The van der Waals surface area contributed by atoms with E-state index in [2.05, 4.69) is 16.7 Å². The second-order valence-electron chi connectivity index (χ2n) is 5.87. The summed E-state index contributed by atoms with van der Waals surface area (Å²) >= 11 is 10.8. The molecule has 0 spiro atoms. The van der Waals surface area contributed by atoms with E-state index < -0.39 is 11.7 Å². The highest BCUT2D eigenvalue weighted by atomic mass is 35.5. The monoisotopic (exact) mass is 386 g/mol. The van der Waals surface area contributed by atoms with Crippen LogP contribution in [0.15, 0.2) is 30.3 Å². The molecule has 25 heavy (non-hydrogen) atoms. The van der Waals surface area contributed by atoms with Gasteiger partial charge in [-0.25, -0.2) is 0 Å². The predicted molar refractivity (Wildman–Crippen MR) is 100 cm³/mol. The fourth-order valence-electron chi connectivity index (χ4n) is 2.34. The van der Waals surface area contributed by atoms with Gasteiger partial charge >= 0.3 is 6.18 Å². The highest BCUT2D eigenvalue weighted by molar-refractivity contribution is 7.80. The maximum atomic E-state index is 12.9. The minimum absolute atomic E-state index is 0.163. The quantitative estimate of drug-likeness (QED) is 0.655. The van der Waals surface area contributed by atoms with E-state index in [-0.39, 0.29) is 11.6 Å². The lowest BCUT2D eigenvalue weighted by atomic mass is 10.1. The van der Waals surface area contributed by atoms with Crippen LogP contribution in [0, 0.1) is 20.8 Å². The summed E-state index contributed by atoms with van der Waals surface area (Å²) in [6.07, 6.45) is -4.48. The van der Waals surface area contributed by atoms with E-state index in [0.717, 1.165) is 22.9 Å². The normalized spacial score (nSPS) is 11.3. The molecular weight excluding hydrogens is 369 g/mol. The largest absolute Gasteiger partial charge is 0.417 e. The molecule has 2 aromatic rings. The summed E-state index contributed by atoms with van der Waals surface area (Å²) in [6, 6.07) is 7.84. The van der Waals surface area contributed by atoms with E-state index in [1.807, 2.05) is 26.8 Å². The molecule has 2 N–H and O–H groups in total. The standard InChI is InChI=1S/C18H18ClF3N2S/c1-10-6-12(3)16(7-11(10)2)24-17(25)23-9-13-4-5-15(19)14(8-13)18(20,21)22/h4-8H,9H2,1-3H3,(H2,23,24,25). The zero-order valence-electron chi connectivity index (χ0n) is 14.0. The average Bonchev–Trinajstić information content (AvgIpc) is 2.50. The SMILES string of the molecule is Cc1cc(C)c(NC(=S)NCc2ccc(Cl)c(C(F)(F)F)c2)cc1C. The Labute approximate surface area is 155 Å². The highest BCUT2D eigenvalue weighted by Gasteiger charge is 2.33. The Morgan fingerprint density at radius 3 is 2.32 bits per heavy atom. The Kier molecular flexibility index (Phi) is 5.95. The third kappa shape index (κ3) is 5.09. The van der Waals surface area contributed by atoms with E-state index in [9.17, 15) is 13.2 Å². The minimum atomic E-state index is -4.48. The zero-order valence-corrected chi connectivity index (χ0v) is 15.6. The Bertz CT molecular complexity index is 804. The van der Waals surface area contributed by atoms with Crippen molar-refractivity contribution >= 4 is 34.6 Å². The van der Waals surface area contributed by atoms with Gasteiger partial charge in [-0.2, -0.15) is 13.2 Å². The maximum Gasteiger partial charge on any atom is 0.417 e. The van der Waals surface area contributed by atoms with Crippen LogP contribution in [0.1, 0.15) is 27.8 Å². The Morgan fingerprint density at radius 2 is 1.68 bits per heavy atom. The summed E-state index contributed by atoms with van der Waals surface area (Å²) in [7, 11) is 0. The highest BCUT2D eigenvalue weighted by Crippen LogP contribution is 2.35. The molecule has 0 amide bonds.